The van der Waals surface area contributed by atoms with Crippen LogP contribution in [0.1, 0.15) is 49.1 Å². The Bertz CT molecular complexity index is 592. The average Bonchev–Trinajstić information content (AvgIpc) is 2.68. The van der Waals surface area contributed by atoms with Gasteiger partial charge in [-0.3, -0.25) is 0 Å². The zero-order chi connectivity index (χ0) is 12.0. The van der Waals surface area contributed by atoms with Crippen LogP contribution in [0.25, 0.3) is 17.0 Å². The molecule has 1 aliphatic rings. The van der Waals surface area contributed by atoms with E-state index < -0.39 is 0 Å². The van der Waals surface area contributed by atoms with Gasteiger partial charge < -0.3 is 10.2 Å². The molecule has 2 nitrogen and oxygen atoms in total. The van der Waals surface area contributed by atoms with E-state index in [9.17, 15) is 0 Å². The summed E-state index contributed by atoms with van der Waals surface area (Å²) in [6.07, 6.45) is 5.46. The minimum atomic E-state index is 0.0648. The number of rotatable bonds is 1. The van der Waals surface area contributed by atoms with Crippen LogP contribution >= 0.6 is 0 Å². The predicted octanol–water partition coefficient (Wildman–Crippen LogP) is 3.97. The molecule has 1 aromatic heterocycles. The summed E-state index contributed by atoms with van der Waals surface area (Å²) in [4.78, 5) is 0. The summed E-state index contributed by atoms with van der Waals surface area (Å²) in [6.45, 7) is 4.21. The fourth-order valence-electron chi connectivity index (χ4n) is 2.47. The molecule has 2 unspecified atom stereocenters. The molecule has 17 heavy (non-hydrogen) atoms. The number of furan rings is 1. The molecule has 0 radical (unpaired) electrons. The SMILES string of the molecule is CC(N)c1ccc2oc3c(c2c1)C=CCC3C. The van der Waals surface area contributed by atoms with Crippen LogP contribution < -0.4 is 5.73 Å². The van der Waals surface area contributed by atoms with Crippen molar-refractivity contribution in [2.75, 3.05) is 0 Å². The highest BCUT2D eigenvalue weighted by Crippen LogP contribution is 2.37. The molecule has 0 bridgehead atoms. The Labute approximate surface area is 101 Å². The molecule has 0 fully saturated rings. The van der Waals surface area contributed by atoms with Crippen molar-refractivity contribution in [3.63, 3.8) is 0 Å². The predicted molar refractivity (Wildman–Crippen MR) is 70.9 cm³/mol. The summed E-state index contributed by atoms with van der Waals surface area (Å²) < 4.78 is 5.95. The van der Waals surface area contributed by atoms with Crippen LogP contribution in [-0.4, -0.2) is 0 Å². The second kappa shape index (κ2) is 3.74. The van der Waals surface area contributed by atoms with E-state index >= 15 is 0 Å². The Morgan fingerprint density at radius 1 is 1.41 bits per heavy atom. The van der Waals surface area contributed by atoms with Crippen LogP contribution in [-0.2, 0) is 0 Å². The van der Waals surface area contributed by atoms with Gasteiger partial charge in [0.15, 0.2) is 0 Å². The minimum absolute atomic E-state index is 0.0648. The largest absolute Gasteiger partial charge is 0.460 e. The number of hydrogen-bond acceptors (Lipinski definition) is 2. The normalized spacial score (nSPS) is 20.5. The Morgan fingerprint density at radius 3 is 3.00 bits per heavy atom. The molecule has 2 N–H and O–H groups in total. The van der Waals surface area contributed by atoms with Gasteiger partial charge in [0.2, 0.25) is 0 Å². The average molecular weight is 227 g/mol. The van der Waals surface area contributed by atoms with Gasteiger partial charge in [0.1, 0.15) is 11.3 Å². The molecule has 0 saturated carbocycles. The van der Waals surface area contributed by atoms with E-state index in [1.807, 2.05) is 13.0 Å². The molecule has 0 spiro atoms. The van der Waals surface area contributed by atoms with Crippen LogP contribution in [0.4, 0.5) is 0 Å². The van der Waals surface area contributed by atoms with Crippen LogP contribution in [0, 0.1) is 0 Å². The van der Waals surface area contributed by atoms with Crippen molar-refractivity contribution in [1.29, 1.82) is 0 Å². The third kappa shape index (κ3) is 1.60. The summed E-state index contributed by atoms with van der Waals surface area (Å²) >= 11 is 0. The van der Waals surface area contributed by atoms with Gasteiger partial charge in [0, 0.05) is 22.9 Å². The molecule has 1 heterocycles. The molecular formula is C15H17NO. The fraction of sp³-hybridized carbons (Fsp3) is 0.333. The second-order valence-electron chi connectivity index (χ2n) is 4.96. The highest BCUT2D eigenvalue weighted by atomic mass is 16.3. The van der Waals surface area contributed by atoms with Crippen molar-refractivity contribution in [1.82, 2.24) is 0 Å². The number of benzene rings is 1. The summed E-state index contributed by atoms with van der Waals surface area (Å²) in [5, 5.41) is 1.19. The van der Waals surface area contributed by atoms with Crippen molar-refractivity contribution in [2.45, 2.75) is 32.2 Å². The standard InChI is InChI=1S/C15H17NO/c1-9-4-3-5-12-13-8-11(10(2)16)6-7-14(13)17-15(9)12/h3,5-10H,4,16H2,1-2H3. The van der Waals surface area contributed by atoms with Crippen LogP contribution in [0.2, 0.25) is 0 Å². The first-order valence-electron chi connectivity index (χ1n) is 6.15. The van der Waals surface area contributed by atoms with Crippen molar-refractivity contribution < 1.29 is 4.42 Å². The maximum atomic E-state index is 5.95. The van der Waals surface area contributed by atoms with Gasteiger partial charge in [-0.15, -0.1) is 0 Å². The molecule has 1 aliphatic carbocycles. The smallest absolute Gasteiger partial charge is 0.134 e. The van der Waals surface area contributed by atoms with E-state index in [-0.39, 0.29) is 6.04 Å². The van der Waals surface area contributed by atoms with Crippen molar-refractivity contribution in [3.8, 4) is 0 Å². The number of allylic oxidation sites excluding steroid dienone is 1. The third-order valence-electron chi connectivity index (χ3n) is 3.53. The van der Waals surface area contributed by atoms with Gasteiger partial charge >= 0.3 is 0 Å². The van der Waals surface area contributed by atoms with Crippen LogP contribution in [0.3, 0.4) is 0 Å². The summed E-state index contributed by atoms with van der Waals surface area (Å²) in [6, 6.07) is 6.31. The quantitative estimate of drug-likeness (QED) is 0.800. The lowest BCUT2D eigenvalue weighted by Gasteiger charge is -2.11. The summed E-state index contributed by atoms with van der Waals surface area (Å²) in [5.41, 5.74) is 9.30. The van der Waals surface area contributed by atoms with E-state index in [1.165, 1.54) is 10.9 Å². The summed E-state index contributed by atoms with van der Waals surface area (Å²) in [7, 11) is 0. The van der Waals surface area contributed by atoms with E-state index in [0.717, 1.165) is 23.3 Å². The monoisotopic (exact) mass is 227 g/mol. The highest BCUT2D eigenvalue weighted by molar-refractivity contribution is 5.90. The maximum absolute atomic E-state index is 5.95. The third-order valence-corrected chi connectivity index (χ3v) is 3.53. The molecule has 88 valence electrons. The van der Waals surface area contributed by atoms with Crippen molar-refractivity contribution in [3.05, 3.63) is 41.2 Å². The van der Waals surface area contributed by atoms with Gasteiger partial charge in [-0.1, -0.05) is 25.1 Å². The molecule has 2 heteroatoms. The maximum Gasteiger partial charge on any atom is 0.134 e. The number of hydrogen-bond donors (Lipinski definition) is 1. The Morgan fingerprint density at radius 2 is 2.24 bits per heavy atom. The molecule has 3 rings (SSSR count). The van der Waals surface area contributed by atoms with Gasteiger partial charge in [0.05, 0.1) is 0 Å². The van der Waals surface area contributed by atoms with Gasteiger partial charge in [-0.25, -0.2) is 0 Å². The molecule has 0 saturated heterocycles. The van der Waals surface area contributed by atoms with Crippen LogP contribution in [0.5, 0.6) is 0 Å². The molecule has 2 atom stereocenters. The molecule has 0 aliphatic heterocycles. The van der Waals surface area contributed by atoms with Crippen LogP contribution in [0.15, 0.2) is 28.7 Å². The molecule has 0 amide bonds. The lowest BCUT2D eigenvalue weighted by molar-refractivity contribution is 0.504. The zero-order valence-corrected chi connectivity index (χ0v) is 10.2. The van der Waals surface area contributed by atoms with Gasteiger partial charge in [0.25, 0.3) is 0 Å². The highest BCUT2D eigenvalue weighted by Gasteiger charge is 2.20. The first kappa shape index (κ1) is 10.6. The Kier molecular flexibility index (Phi) is 2.33. The molecule has 2 aromatic rings. The van der Waals surface area contributed by atoms with E-state index in [0.29, 0.717) is 5.92 Å². The van der Waals surface area contributed by atoms with Crippen molar-refractivity contribution in [2.24, 2.45) is 5.73 Å². The number of nitrogens with two attached hydrogens (primary N) is 1. The second-order valence-corrected chi connectivity index (χ2v) is 4.96. The lowest BCUT2D eigenvalue weighted by Crippen LogP contribution is -2.04. The molecular weight excluding hydrogens is 210 g/mol. The zero-order valence-electron chi connectivity index (χ0n) is 10.2. The first-order valence-corrected chi connectivity index (χ1v) is 6.15. The summed E-state index contributed by atoms with van der Waals surface area (Å²) in [5.74, 6) is 1.59. The van der Waals surface area contributed by atoms with E-state index in [2.05, 4.69) is 31.2 Å². The van der Waals surface area contributed by atoms with Crippen molar-refractivity contribution >= 4 is 17.0 Å². The topological polar surface area (TPSA) is 39.2 Å². The Balaban J connectivity index is 2.26. The first-order chi connectivity index (χ1) is 8.16. The molecule has 1 aromatic carbocycles. The fourth-order valence-corrected chi connectivity index (χ4v) is 2.47. The van der Waals surface area contributed by atoms with E-state index in [1.54, 1.807) is 0 Å². The minimum Gasteiger partial charge on any atom is -0.460 e. The Hall–Kier alpha value is -1.54. The number of fused-ring (bicyclic) bond motifs is 3. The van der Waals surface area contributed by atoms with E-state index in [4.69, 9.17) is 10.2 Å². The lowest BCUT2D eigenvalue weighted by atomic mass is 9.93. The van der Waals surface area contributed by atoms with Gasteiger partial charge in [-0.2, -0.15) is 0 Å². The van der Waals surface area contributed by atoms with Gasteiger partial charge in [-0.05, 0) is 31.0 Å².